The quantitative estimate of drug-likeness (QED) is 0.604. The molecule has 0 aliphatic rings. The molecular formula is C9H10O2. The Kier molecular flexibility index (Phi) is 2.26. The topological polar surface area (TPSA) is 26.3 Å². The monoisotopic (exact) mass is 150 g/mol. The highest BCUT2D eigenvalue weighted by Gasteiger charge is 1.93. The molecule has 0 bridgehead atoms. The van der Waals surface area contributed by atoms with Gasteiger partial charge in [0.25, 0.3) is 0 Å². The minimum absolute atomic E-state index is 0.0741. The van der Waals surface area contributed by atoms with Crippen LogP contribution in [0.2, 0.25) is 0 Å². The van der Waals surface area contributed by atoms with Crippen LogP contribution in [0.3, 0.4) is 0 Å². The zero-order chi connectivity index (χ0) is 8.27. The number of rotatable bonds is 1. The number of hydrogen-bond acceptors (Lipinski definition) is 2. The number of methoxy groups -OCH3 is 1. The molecule has 0 heterocycles. The van der Waals surface area contributed by atoms with Gasteiger partial charge >= 0.3 is 0 Å². The van der Waals surface area contributed by atoms with Gasteiger partial charge in [-0.3, -0.25) is 4.79 Å². The Morgan fingerprint density at radius 2 is 2.09 bits per heavy atom. The molecule has 0 fully saturated rings. The lowest BCUT2D eigenvalue weighted by Crippen LogP contribution is -1.99. The van der Waals surface area contributed by atoms with Gasteiger partial charge in [0.15, 0.2) is 5.75 Å². The van der Waals surface area contributed by atoms with E-state index in [4.69, 9.17) is 4.74 Å². The SMILES string of the molecule is COc1cccc(C)cc1=O. The lowest BCUT2D eigenvalue weighted by molar-refractivity contribution is 0.411. The van der Waals surface area contributed by atoms with Crippen molar-refractivity contribution in [1.29, 1.82) is 0 Å². The number of ether oxygens (including phenoxy) is 1. The molecule has 0 aliphatic carbocycles. The van der Waals surface area contributed by atoms with Gasteiger partial charge in [0.1, 0.15) is 0 Å². The third-order valence-electron chi connectivity index (χ3n) is 1.43. The van der Waals surface area contributed by atoms with Gasteiger partial charge in [-0.25, -0.2) is 0 Å². The second-order valence-electron chi connectivity index (χ2n) is 2.35. The van der Waals surface area contributed by atoms with Crippen molar-refractivity contribution in [2.75, 3.05) is 7.11 Å². The fraction of sp³-hybridized carbons (Fsp3) is 0.222. The average Bonchev–Trinajstić information content (AvgIpc) is 2.11. The summed E-state index contributed by atoms with van der Waals surface area (Å²) in [7, 11) is 1.49. The molecular weight excluding hydrogens is 140 g/mol. The molecule has 0 amide bonds. The summed E-state index contributed by atoms with van der Waals surface area (Å²) >= 11 is 0. The first-order valence-electron chi connectivity index (χ1n) is 3.39. The molecule has 0 spiro atoms. The zero-order valence-electron chi connectivity index (χ0n) is 6.63. The second-order valence-corrected chi connectivity index (χ2v) is 2.35. The van der Waals surface area contributed by atoms with E-state index >= 15 is 0 Å². The highest BCUT2D eigenvalue weighted by Crippen LogP contribution is 2.00. The molecule has 0 radical (unpaired) electrons. The van der Waals surface area contributed by atoms with E-state index in [1.54, 1.807) is 18.2 Å². The molecule has 0 aliphatic heterocycles. The first-order chi connectivity index (χ1) is 5.24. The van der Waals surface area contributed by atoms with Crippen molar-refractivity contribution in [3.63, 3.8) is 0 Å². The van der Waals surface area contributed by atoms with Crippen LogP contribution in [0.5, 0.6) is 5.75 Å². The van der Waals surface area contributed by atoms with Gasteiger partial charge in [-0.2, -0.15) is 0 Å². The molecule has 0 atom stereocenters. The number of aryl methyl sites for hydroxylation is 1. The predicted octanol–water partition coefficient (Wildman–Crippen LogP) is 1.36. The minimum atomic E-state index is -0.0741. The van der Waals surface area contributed by atoms with E-state index in [0.29, 0.717) is 5.75 Å². The highest BCUT2D eigenvalue weighted by molar-refractivity contribution is 5.24. The smallest absolute Gasteiger partial charge is 0.220 e. The maximum Gasteiger partial charge on any atom is 0.220 e. The van der Waals surface area contributed by atoms with Gasteiger partial charge in [0.2, 0.25) is 5.43 Å². The summed E-state index contributed by atoms with van der Waals surface area (Å²) in [5.41, 5.74) is 0.869. The van der Waals surface area contributed by atoms with Crippen LogP contribution >= 0.6 is 0 Å². The average molecular weight is 150 g/mol. The Hall–Kier alpha value is -1.31. The van der Waals surface area contributed by atoms with Gasteiger partial charge in [0.05, 0.1) is 7.11 Å². The molecule has 11 heavy (non-hydrogen) atoms. The lowest BCUT2D eigenvalue weighted by Gasteiger charge is -1.89. The van der Waals surface area contributed by atoms with Gasteiger partial charge < -0.3 is 4.74 Å². The third kappa shape index (κ3) is 1.80. The van der Waals surface area contributed by atoms with E-state index in [2.05, 4.69) is 0 Å². The largest absolute Gasteiger partial charge is 0.493 e. The van der Waals surface area contributed by atoms with Crippen molar-refractivity contribution in [3.8, 4) is 5.75 Å². The van der Waals surface area contributed by atoms with Crippen LogP contribution in [-0.4, -0.2) is 7.11 Å². The summed E-state index contributed by atoms with van der Waals surface area (Å²) in [5.74, 6) is 0.387. The Labute approximate surface area is 65.4 Å². The highest BCUT2D eigenvalue weighted by atomic mass is 16.5. The molecule has 0 unspecified atom stereocenters. The maximum atomic E-state index is 11.1. The van der Waals surface area contributed by atoms with Crippen LogP contribution in [0.15, 0.2) is 29.1 Å². The van der Waals surface area contributed by atoms with E-state index in [1.165, 1.54) is 7.11 Å². The van der Waals surface area contributed by atoms with Gasteiger partial charge in [-0.05, 0) is 24.6 Å². The van der Waals surface area contributed by atoms with Crippen molar-refractivity contribution < 1.29 is 4.74 Å². The van der Waals surface area contributed by atoms with Gasteiger partial charge in [-0.1, -0.05) is 12.1 Å². The van der Waals surface area contributed by atoms with Crippen molar-refractivity contribution in [3.05, 3.63) is 40.1 Å². The third-order valence-corrected chi connectivity index (χ3v) is 1.43. The van der Waals surface area contributed by atoms with Crippen molar-refractivity contribution >= 4 is 0 Å². The summed E-state index contributed by atoms with van der Waals surface area (Å²) in [6, 6.07) is 6.88. The first-order valence-corrected chi connectivity index (χ1v) is 3.39. The Morgan fingerprint density at radius 3 is 2.73 bits per heavy atom. The molecule has 0 N–H and O–H groups in total. The molecule has 58 valence electrons. The van der Waals surface area contributed by atoms with Crippen LogP contribution in [0.4, 0.5) is 0 Å². The Bertz CT molecular complexity index is 305. The van der Waals surface area contributed by atoms with Crippen LogP contribution in [0, 0.1) is 6.92 Å². The molecule has 1 rings (SSSR count). The van der Waals surface area contributed by atoms with Crippen molar-refractivity contribution in [2.45, 2.75) is 6.92 Å². The fourth-order valence-electron chi connectivity index (χ4n) is 0.864. The lowest BCUT2D eigenvalue weighted by atomic mass is 10.3. The molecule has 0 saturated carbocycles. The summed E-state index contributed by atoms with van der Waals surface area (Å²) in [4.78, 5) is 11.1. The van der Waals surface area contributed by atoms with E-state index in [0.717, 1.165) is 5.56 Å². The summed E-state index contributed by atoms with van der Waals surface area (Å²) in [6.45, 7) is 1.88. The zero-order valence-corrected chi connectivity index (χ0v) is 6.63. The normalized spacial score (nSPS) is 9.27. The van der Waals surface area contributed by atoms with E-state index in [9.17, 15) is 4.79 Å². The van der Waals surface area contributed by atoms with Crippen molar-refractivity contribution in [1.82, 2.24) is 0 Å². The molecule has 0 aromatic heterocycles. The molecule has 1 aromatic rings. The van der Waals surface area contributed by atoms with Crippen LogP contribution < -0.4 is 10.2 Å². The van der Waals surface area contributed by atoms with Crippen LogP contribution in [0.1, 0.15) is 5.56 Å². The van der Waals surface area contributed by atoms with Gasteiger partial charge in [-0.15, -0.1) is 0 Å². The Morgan fingerprint density at radius 1 is 1.36 bits per heavy atom. The van der Waals surface area contributed by atoms with Crippen LogP contribution in [-0.2, 0) is 0 Å². The summed E-state index contributed by atoms with van der Waals surface area (Å²) in [5, 5.41) is 0. The van der Waals surface area contributed by atoms with Gasteiger partial charge in [0, 0.05) is 0 Å². The molecule has 2 heteroatoms. The molecule has 1 aromatic carbocycles. The maximum absolute atomic E-state index is 11.1. The summed E-state index contributed by atoms with van der Waals surface area (Å²) in [6.07, 6.45) is 0. The molecule has 0 saturated heterocycles. The van der Waals surface area contributed by atoms with E-state index < -0.39 is 0 Å². The Balaban J connectivity index is 3.35. The van der Waals surface area contributed by atoms with E-state index in [-0.39, 0.29) is 5.43 Å². The van der Waals surface area contributed by atoms with Crippen molar-refractivity contribution in [2.24, 2.45) is 0 Å². The number of hydrogen-bond donors (Lipinski definition) is 0. The minimum Gasteiger partial charge on any atom is -0.493 e. The predicted molar refractivity (Wildman–Crippen MR) is 44.0 cm³/mol. The standard InChI is InChI=1S/C9H10O2/c1-7-4-3-5-9(11-2)8(10)6-7/h3-6H,1-2H3. The van der Waals surface area contributed by atoms with Crippen LogP contribution in [0.25, 0.3) is 0 Å². The summed E-state index contributed by atoms with van der Waals surface area (Å²) < 4.78 is 4.85. The first kappa shape index (κ1) is 7.79. The second kappa shape index (κ2) is 3.19. The molecule has 2 nitrogen and oxygen atoms in total. The van der Waals surface area contributed by atoms with E-state index in [1.807, 2.05) is 13.0 Å². The fourth-order valence-corrected chi connectivity index (χ4v) is 0.864.